The topological polar surface area (TPSA) is 72.4 Å². The van der Waals surface area contributed by atoms with Crippen LogP contribution in [-0.4, -0.2) is 34.9 Å². The summed E-state index contributed by atoms with van der Waals surface area (Å²) in [4.78, 5) is 18.9. The lowest BCUT2D eigenvalue weighted by atomic mass is 10.1. The number of carbonyl (C=O) groups is 1. The zero-order chi connectivity index (χ0) is 18.1. The molecule has 1 saturated heterocycles. The Morgan fingerprint density at radius 2 is 1.85 bits per heavy atom. The molecular weight excluding hydrogens is 369 g/mol. The van der Waals surface area contributed by atoms with Gasteiger partial charge in [0.25, 0.3) is 5.91 Å². The first-order valence-corrected chi connectivity index (χ1v) is 8.48. The van der Waals surface area contributed by atoms with Gasteiger partial charge in [-0.05, 0) is 30.7 Å². The number of hydrogen-bond donors (Lipinski definition) is 1. The van der Waals surface area contributed by atoms with Crippen LogP contribution in [0.2, 0.25) is 0 Å². The monoisotopic (exact) mass is 387 g/mol. The zero-order valence-electron chi connectivity index (χ0n) is 14.5. The number of rotatable bonds is 3. The van der Waals surface area contributed by atoms with Crippen molar-refractivity contribution in [3.63, 3.8) is 0 Å². The molecule has 27 heavy (non-hydrogen) atoms. The van der Waals surface area contributed by atoms with Crippen LogP contribution in [0.3, 0.4) is 0 Å². The summed E-state index contributed by atoms with van der Waals surface area (Å²) in [7, 11) is 0. The molecule has 2 N–H and O–H groups in total. The third-order valence-electron chi connectivity index (χ3n) is 4.54. The summed E-state index contributed by atoms with van der Waals surface area (Å²) in [6, 6.07) is 13.5. The van der Waals surface area contributed by atoms with Crippen LogP contribution in [0.5, 0.6) is 0 Å². The molecule has 1 amide bonds. The average molecular weight is 388 g/mol. The molecule has 2 heterocycles. The molecule has 0 radical (unpaired) electrons. The van der Waals surface area contributed by atoms with E-state index < -0.39 is 0 Å². The van der Waals surface area contributed by atoms with Crippen molar-refractivity contribution in [2.24, 2.45) is 5.73 Å². The summed E-state index contributed by atoms with van der Waals surface area (Å²) >= 11 is 0. The molecule has 0 bridgehead atoms. The number of amides is 1. The van der Waals surface area contributed by atoms with Crippen molar-refractivity contribution in [3.05, 3.63) is 66.1 Å². The summed E-state index contributed by atoms with van der Waals surface area (Å²) in [5.41, 5.74) is 7.33. The van der Waals surface area contributed by atoms with Crippen molar-refractivity contribution in [1.29, 1.82) is 0 Å². The number of benzene rings is 2. The Hall–Kier alpha value is -2.70. The second kappa shape index (κ2) is 7.90. The fraction of sp³-hybridized carbons (Fsp3) is 0.200. The Morgan fingerprint density at radius 3 is 2.56 bits per heavy atom. The molecule has 0 saturated carbocycles. The molecule has 140 valence electrons. The van der Waals surface area contributed by atoms with Gasteiger partial charge < -0.3 is 15.1 Å². The predicted octanol–water partition coefficient (Wildman–Crippen LogP) is 3.74. The van der Waals surface area contributed by atoms with E-state index in [0.717, 1.165) is 6.42 Å². The van der Waals surface area contributed by atoms with Gasteiger partial charge in [-0.15, -0.1) is 12.4 Å². The van der Waals surface area contributed by atoms with Crippen molar-refractivity contribution in [3.8, 4) is 22.8 Å². The molecule has 1 atom stereocenters. The van der Waals surface area contributed by atoms with Gasteiger partial charge in [0.15, 0.2) is 5.76 Å². The van der Waals surface area contributed by atoms with E-state index >= 15 is 0 Å². The van der Waals surface area contributed by atoms with Gasteiger partial charge in [0, 0.05) is 24.7 Å². The van der Waals surface area contributed by atoms with Crippen LogP contribution in [0.15, 0.2) is 59.1 Å². The van der Waals surface area contributed by atoms with Gasteiger partial charge in [0.2, 0.25) is 5.89 Å². The molecule has 4 rings (SSSR count). The van der Waals surface area contributed by atoms with Crippen molar-refractivity contribution in [1.82, 2.24) is 9.88 Å². The molecule has 0 aliphatic carbocycles. The summed E-state index contributed by atoms with van der Waals surface area (Å²) in [6.45, 7) is 1.18. The molecule has 5 nitrogen and oxygen atoms in total. The number of oxazole rings is 1. The third kappa shape index (κ3) is 3.72. The highest BCUT2D eigenvalue weighted by atomic mass is 35.5. The van der Waals surface area contributed by atoms with Gasteiger partial charge >= 0.3 is 0 Å². The Labute approximate surface area is 162 Å². The van der Waals surface area contributed by atoms with E-state index in [4.69, 9.17) is 10.2 Å². The van der Waals surface area contributed by atoms with Crippen molar-refractivity contribution in [2.75, 3.05) is 13.1 Å². The SMILES string of the molecule is Cl.NC1CCN(C(=O)c2ccccc2-c2ncc(-c3ccccc3F)o2)C1. The first-order chi connectivity index (χ1) is 12.6. The van der Waals surface area contributed by atoms with Crippen LogP contribution in [-0.2, 0) is 0 Å². The number of aromatic nitrogens is 1. The van der Waals surface area contributed by atoms with Crippen molar-refractivity contribution >= 4 is 18.3 Å². The van der Waals surface area contributed by atoms with Gasteiger partial charge in [-0.2, -0.15) is 0 Å². The Balaban J connectivity index is 0.00000210. The standard InChI is InChI=1S/C20H18FN3O2.ClH/c21-17-8-4-3-7-16(17)18-11-23-19(26-18)14-5-1-2-6-15(14)20(25)24-10-9-13(22)12-24;/h1-8,11,13H,9-10,12,22H2;1H. The van der Waals surface area contributed by atoms with Gasteiger partial charge in [0.05, 0.1) is 17.3 Å². The van der Waals surface area contributed by atoms with Crippen LogP contribution in [0.1, 0.15) is 16.8 Å². The minimum Gasteiger partial charge on any atom is -0.436 e. The highest BCUT2D eigenvalue weighted by Gasteiger charge is 2.27. The Morgan fingerprint density at radius 1 is 1.15 bits per heavy atom. The second-order valence-corrected chi connectivity index (χ2v) is 6.36. The molecular formula is C20H19ClFN3O2. The van der Waals surface area contributed by atoms with Crippen molar-refractivity contribution in [2.45, 2.75) is 12.5 Å². The largest absolute Gasteiger partial charge is 0.436 e. The molecule has 7 heteroatoms. The van der Waals surface area contributed by atoms with Crippen LogP contribution < -0.4 is 5.73 Å². The minimum absolute atomic E-state index is 0. The fourth-order valence-electron chi connectivity index (χ4n) is 3.18. The molecule has 1 aliphatic rings. The van der Waals surface area contributed by atoms with Gasteiger partial charge in [-0.3, -0.25) is 4.79 Å². The first-order valence-electron chi connectivity index (χ1n) is 8.48. The van der Waals surface area contributed by atoms with E-state index in [1.54, 1.807) is 41.3 Å². The van der Waals surface area contributed by atoms with Gasteiger partial charge in [-0.25, -0.2) is 9.37 Å². The normalized spacial score (nSPS) is 16.2. The third-order valence-corrected chi connectivity index (χ3v) is 4.54. The predicted molar refractivity (Wildman–Crippen MR) is 103 cm³/mol. The van der Waals surface area contributed by atoms with Gasteiger partial charge in [-0.1, -0.05) is 24.3 Å². The van der Waals surface area contributed by atoms with E-state index in [-0.39, 0.29) is 36.1 Å². The zero-order valence-corrected chi connectivity index (χ0v) is 15.3. The van der Waals surface area contributed by atoms with Crippen LogP contribution in [0.25, 0.3) is 22.8 Å². The average Bonchev–Trinajstić information content (AvgIpc) is 3.31. The number of nitrogens with zero attached hydrogens (tertiary/aromatic N) is 2. The lowest BCUT2D eigenvalue weighted by Crippen LogP contribution is -2.32. The maximum Gasteiger partial charge on any atom is 0.254 e. The van der Waals surface area contributed by atoms with Crippen LogP contribution in [0, 0.1) is 5.82 Å². The number of hydrogen-bond acceptors (Lipinski definition) is 4. The van der Waals surface area contributed by atoms with E-state index in [9.17, 15) is 9.18 Å². The highest BCUT2D eigenvalue weighted by Crippen LogP contribution is 2.30. The molecule has 2 aromatic carbocycles. The van der Waals surface area contributed by atoms with Crippen LogP contribution in [0.4, 0.5) is 4.39 Å². The lowest BCUT2D eigenvalue weighted by Gasteiger charge is -2.17. The van der Waals surface area contributed by atoms with E-state index in [1.807, 2.05) is 6.07 Å². The maximum atomic E-state index is 14.0. The number of carbonyl (C=O) groups excluding carboxylic acids is 1. The van der Waals surface area contributed by atoms with Crippen LogP contribution >= 0.6 is 12.4 Å². The van der Waals surface area contributed by atoms with E-state index in [0.29, 0.717) is 35.5 Å². The number of halogens is 2. The van der Waals surface area contributed by atoms with Crippen molar-refractivity contribution < 1.29 is 13.6 Å². The summed E-state index contributed by atoms with van der Waals surface area (Å²) in [6.07, 6.45) is 2.27. The lowest BCUT2D eigenvalue weighted by molar-refractivity contribution is 0.0791. The second-order valence-electron chi connectivity index (χ2n) is 6.36. The summed E-state index contributed by atoms with van der Waals surface area (Å²) in [5, 5.41) is 0. The molecule has 1 fully saturated rings. The molecule has 1 aromatic heterocycles. The van der Waals surface area contributed by atoms with E-state index in [1.165, 1.54) is 12.3 Å². The number of likely N-dealkylation sites (tertiary alicyclic amines) is 1. The molecule has 3 aromatic rings. The minimum atomic E-state index is -0.384. The molecule has 1 aliphatic heterocycles. The smallest absolute Gasteiger partial charge is 0.254 e. The fourth-order valence-corrected chi connectivity index (χ4v) is 3.18. The quantitative estimate of drug-likeness (QED) is 0.743. The first kappa shape index (κ1) is 19.1. The Kier molecular flexibility index (Phi) is 5.58. The summed E-state index contributed by atoms with van der Waals surface area (Å²) in [5.74, 6) is 0.129. The molecule has 0 spiro atoms. The van der Waals surface area contributed by atoms with E-state index in [2.05, 4.69) is 4.98 Å². The van der Waals surface area contributed by atoms with Gasteiger partial charge in [0.1, 0.15) is 5.82 Å². The number of nitrogens with two attached hydrogens (primary N) is 1. The molecule has 1 unspecified atom stereocenters. The summed E-state index contributed by atoms with van der Waals surface area (Å²) < 4.78 is 19.7. The maximum absolute atomic E-state index is 14.0. The highest BCUT2D eigenvalue weighted by molar-refractivity contribution is 6.00. The Bertz CT molecular complexity index is 960.